The molecule has 1 aromatic carbocycles. The van der Waals surface area contributed by atoms with E-state index in [4.69, 9.17) is 4.99 Å². The van der Waals surface area contributed by atoms with Crippen molar-refractivity contribution in [3.05, 3.63) is 53.1 Å². The van der Waals surface area contributed by atoms with Crippen LogP contribution in [0.2, 0.25) is 0 Å². The molecule has 0 atom stereocenters. The summed E-state index contributed by atoms with van der Waals surface area (Å²) in [7, 11) is 1.99. The Bertz CT molecular complexity index is 696. The fraction of sp³-hybridized carbons (Fsp3) is 0.474. The van der Waals surface area contributed by atoms with E-state index in [2.05, 4.69) is 35.2 Å². The van der Waals surface area contributed by atoms with E-state index in [1.807, 2.05) is 18.7 Å². The zero-order valence-corrected chi connectivity index (χ0v) is 18.3. The molecule has 1 aromatic heterocycles. The first-order valence-corrected chi connectivity index (χ1v) is 8.74. The van der Waals surface area contributed by atoms with Crippen molar-refractivity contribution in [3.63, 3.8) is 0 Å². The first kappa shape index (κ1) is 22.4. The molecule has 2 aromatic rings. The Morgan fingerprint density at radius 2 is 1.96 bits per heavy atom. The van der Waals surface area contributed by atoms with Crippen molar-refractivity contribution >= 4 is 29.9 Å². The van der Waals surface area contributed by atoms with Gasteiger partial charge < -0.3 is 10.2 Å². The predicted octanol–water partition coefficient (Wildman–Crippen LogP) is 3.74. The number of aliphatic imine (C=N–C) groups is 1. The number of benzene rings is 1. The Hall–Kier alpha value is -1.64. The van der Waals surface area contributed by atoms with Gasteiger partial charge in [0, 0.05) is 38.9 Å². The molecular weight excluding hydrogens is 444 g/mol. The number of halogens is 2. The van der Waals surface area contributed by atoms with Gasteiger partial charge in [-0.1, -0.05) is 12.1 Å². The normalized spacial score (nSPS) is 11.2. The summed E-state index contributed by atoms with van der Waals surface area (Å²) in [5, 5.41) is 7.78. The standard InChI is InChI=1S/C19H28FN5.HI/c1-5-21-19(24(4)14-17-7-9-18(20)10-8-17)22-11-6-12-25-16(3)13-15(2)23-25;/h7-10,13H,5-6,11-12,14H2,1-4H3,(H,21,22);1H. The Morgan fingerprint density at radius 3 is 2.54 bits per heavy atom. The second-order valence-corrected chi connectivity index (χ2v) is 6.22. The fourth-order valence-electron chi connectivity index (χ4n) is 2.71. The molecule has 0 radical (unpaired) electrons. The van der Waals surface area contributed by atoms with E-state index in [-0.39, 0.29) is 29.8 Å². The van der Waals surface area contributed by atoms with Crippen LogP contribution in [0.15, 0.2) is 35.3 Å². The van der Waals surface area contributed by atoms with Gasteiger partial charge in [-0.3, -0.25) is 9.67 Å². The molecule has 0 amide bonds. The average Bonchev–Trinajstić information content (AvgIpc) is 2.90. The van der Waals surface area contributed by atoms with Crippen molar-refractivity contribution in [1.82, 2.24) is 20.0 Å². The Morgan fingerprint density at radius 1 is 1.27 bits per heavy atom. The van der Waals surface area contributed by atoms with Crippen molar-refractivity contribution in [2.75, 3.05) is 20.1 Å². The molecule has 1 N–H and O–H groups in total. The minimum atomic E-state index is -0.212. The molecule has 0 unspecified atom stereocenters. The molecule has 0 saturated carbocycles. The molecule has 7 heteroatoms. The Kier molecular flexibility index (Phi) is 9.61. The lowest BCUT2D eigenvalue weighted by atomic mass is 10.2. The SMILES string of the molecule is CCNC(=NCCCn1nc(C)cc1C)N(C)Cc1ccc(F)cc1.I. The van der Waals surface area contributed by atoms with Crippen LogP contribution < -0.4 is 5.32 Å². The van der Waals surface area contributed by atoms with Gasteiger partial charge >= 0.3 is 0 Å². The molecule has 0 aliphatic heterocycles. The molecule has 0 spiro atoms. The molecule has 0 bridgehead atoms. The highest BCUT2D eigenvalue weighted by molar-refractivity contribution is 14.0. The number of nitrogens with zero attached hydrogens (tertiary/aromatic N) is 4. The summed E-state index contributed by atoms with van der Waals surface area (Å²) < 4.78 is 15.0. The molecule has 1 heterocycles. The number of hydrogen-bond acceptors (Lipinski definition) is 2. The van der Waals surface area contributed by atoms with Crippen molar-refractivity contribution < 1.29 is 4.39 Å². The summed E-state index contributed by atoms with van der Waals surface area (Å²) in [5.41, 5.74) is 3.28. The van der Waals surface area contributed by atoms with E-state index < -0.39 is 0 Å². The van der Waals surface area contributed by atoms with E-state index in [1.54, 1.807) is 12.1 Å². The zero-order valence-electron chi connectivity index (χ0n) is 16.0. The third kappa shape index (κ3) is 6.93. The van der Waals surface area contributed by atoms with Crippen LogP contribution in [-0.2, 0) is 13.1 Å². The number of aromatic nitrogens is 2. The lowest BCUT2D eigenvalue weighted by molar-refractivity contribution is 0.474. The smallest absolute Gasteiger partial charge is 0.193 e. The van der Waals surface area contributed by atoms with Crippen LogP contribution >= 0.6 is 24.0 Å². The first-order valence-electron chi connectivity index (χ1n) is 8.74. The summed E-state index contributed by atoms with van der Waals surface area (Å²) in [6.45, 7) is 9.22. The molecule has 0 fully saturated rings. The number of nitrogens with one attached hydrogen (secondary N) is 1. The molecular formula is C19H29FIN5. The third-order valence-corrected chi connectivity index (χ3v) is 3.92. The highest BCUT2D eigenvalue weighted by Gasteiger charge is 2.07. The number of guanidine groups is 1. The summed E-state index contributed by atoms with van der Waals surface area (Å²) in [4.78, 5) is 6.75. The molecule has 5 nitrogen and oxygen atoms in total. The zero-order chi connectivity index (χ0) is 18.2. The quantitative estimate of drug-likeness (QED) is 0.289. The molecule has 0 aliphatic carbocycles. The van der Waals surface area contributed by atoms with Gasteiger partial charge in [0.2, 0.25) is 0 Å². The molecule has 144 valence electrons. The fourth-order valence-corrected chi connectivity index (χ4v) is 2.71. The maximum atomic E-state index is 13.0. The van der Waals surface area contributed by atoms with Gasteiger partial charge in [-0.15, -0.1) is 24.0 Å². The lowest BCUT2D eigenvalue weighted by Gasteiger charge is -2.22. The van der Waals surface area contributed by atoms with Gasteiger partial charge in [0.25, 0.3) is 0 Å². The van der Waals surface area contributed by atoms with Gasteiger partial charge in [0.1, 0.15) is 5.82 Å². The number of hydrogen-bond donors (Lipinski definition) is 1. The summed E-state index contributed by atoms with van der Waals surface area (Å²) in [5.74, 6) is 0.649. The predicted molar refractivity (Wildman–Crippen MR) is 116 cm³/mol. The van der Waals surface area contributed by atoms with E-state index >= 15 is 0 Å². The first-order chi connectivity index (χ1) is 12.0. The Balaban J connectivity index is 0.00000338. The van der Waals surface area contributed by atoms with E-state index in [9.17, 15) is 4.39 Å². The molecule has 0 saturated heterocycles. The summed E-state index contributed by atoms with van der Waals surface area (Å²) >= 11 is 0. The topological polar surface area (TPSA) is 45.5 Å². The minimum Gasteiger partial charge on any atom is -0.357 e. The minimum absolute atomic E-state index is 0. The van der Waals surface area contributed by atoms with Gasteiger partial charge in [-0.05, 0) is 51.0 Å². The molecule has 26 heavy (non-hydrogen) atoms. The molecule has 0 aliphatic rings. The van der Waals surface area contributed by atoms with Crippen molar-refractivity contribution in [2.45, 2.75) is 40.3 Å². The number of aryl methyl sites for hydroxylation is 3. The van der Waals surface area contributed by atoms with E-state index in [1.165, 1.54) is 17.8 Å². The van der Waals surface area contributed by atoms with Gasteiger partial charge in [0.15, 0.2) is 5.96 Å². The number of rotatable bonds is 7. The van der Waals surface area contributed by atoms with Crippen molar-refractivity contribution in [3.8, 4) is 0 Å². The van der Waals surface area contributed by atoms with Gasteiger partial charge in [0.05, 0.1) is 5.69 Å². The van der Waals surface area contributed by atoms with Gasteiger partial charge in [-0.25, -0.2) is 4.39 Å². The lowest BCUT2D eigenvalue weighted by Crippen LogP contribution is -2.38. The largest absolute Gasteiger partial charge is 0.357 e. The monoisotopic (exact) mass is 473 g/mol. The maximum Gasteiger partial charge on any atom is 0.193 e. The maximum absolute atomic E-state index is 13.0. The van der Waals surface area contributed by atoms with Crippen LogP contribution in [0.5, 0.6) is 0 Å². The molecule has 2 rings (SSSR count). The van der Waals surface area contributed by atoms with Crippen LogP contribution in [0.3, 0.4) is 0 Å². The highest BCUT2D eigenvalue weighted by Crippen LogP contribution is 2.06. The van der Waals surface area contributed by atoms with Crippen molar-refractivity contribution in [1.29, 1.82) is 0 Å². The third-order valence-electron chi connectivity index (χ3n) is 3.92. The van der Waals surface area contributed by atoms with E-state index in [0.29, 0.717) is 6.54 Å². The summed E-state index contributed by atoms with van der Waals surface area (Å²) in [6.07, 6.45) is 0.932. The van der Waals surface area contributed by atoms with Gasteiger partial charge in [-0.2, -0.15) is 5.10 Å². The second kappa shape index (κ2) is 11.2. The Labute approximate surface area is 172 Å². The highest BCUT2D eigenvalue weighted by atomic mass is 127. The van der Waals surface area contributed by atoms with Crippen LogP contribution in [0, 0.1) is 19.7 Å². The average molecular weight is 473 g/mol. The van der Waals surface area contributed by atoms with Crippen LogP contribution in [0.25, 0.3) is 0 Å². The van der Waals surface area contributed by atoms with Crippen LogP contribution in [0.4, 0.5) is 4.39 Å². The summed E-state index contributed by atoms with van der Waals surface area (Å²) in [6, 6.07) is 8.67. The van der Waals surface area contributed by atoms with Crippen LogP contribution in [-0.4, -0.2) is 40.8 Å². The van der Waals surface area contributed by atoms with Crippen LogP contribution in [0.1, 0.15) is 30.3 Å². The second-order valence-electron chi connectivity index (χ2n) is 6.22. The van der Waals surface area contributed by atoms with Crippen molar-refractivity contribution in [2.24, 2.45) is 4.99 Å². The van der Waals surface area contributed by atoms with E-state index in [0.717, 1.165) is 43.3 Å².